The molecule has 0 saturated carbocycles. The molecule has 0 unspecified atom stereocenters. The van der Waals surface area contributed by atoms with Crippen molar-refractivity contribution in [2.24, 2.45) is 0 Å². The van der Waals surface area contributed by atoms with Gasteiger partial charge in [-0.3, -0.25) is 0 Å². The number of allylic oxidation sites excluding steroid dienone is 1. The Labute approximate surface area is 145 Å². The second-order valence-corrected chi connectivity index (χ2v) is 6.88. The number of aromatic hydroxyl groups is 2. The highest BCUT2D eigenvalue weighted by atomic mass is 127. The van der Waals surface area contributed by atoms with Gasteiger partial charge in [0.05, 0.1) is 7.14 Å². The molecular weight excluding hydrogens is 478 g/mol. The first-order chi connectivity index (χ1) is 9.47. The van der Waals surface area contributed by atoms with Gasteiger partial charge in [0.2, 0.25) is 0 Å². The van der Waals surface area contributed by atoms with Crippen LogP contribution >= 0.6 is 45.2 Å². The van der Waals surface area contributed by atoms with E-state index in [0.717, 1.165) is 31.1 Å². The summed E-state index contributed by atoms with van der Waals surface area (Å²) in [6, 6.07) is 11.2. The third kappa shape index (κ3) is 3.88. The molecule has 0 atom stereocenters. The molecule has 0 saturated heterocycles. The summed E-state index contributed by atoms with van der Waals surface area (Å²) in [6.45, 7) is 4.11. The molecule has 2 nitrogen and oxygen atoms in total. The van der Waals surface area contributed by atoms with E-state index in [1.54, 1.807) is 12.1 Å². The highest BCUT2D eigenvalue weighted by Gasteiger charge is 2.05. The van der Waals surface area contributed by atoms with Gasteiger partial charge in [0.25, 0.3) is 0 Å². The largest absolute Gasteiger partial charge is 0.507 e. The van der Waals surface area contributed by atoms with Crippen LogP contribution in [0.4, 0.5) is 0 Å². The molecule has 0 bridgehead atoms. The molecule has 2 aromatic rings. The highest BCUT2D eigenvalue weighted by molar-refractivity contribution is 14.1. The molecule has 0 aliphatic heterocycles. The number of hydrogen-bond donors (Lipinski definition) is 2. The zero-order valence-electron chi connectivity index (χ0n) is 10.7. The fourth-order valence-corrected chi connectivity index (χ4v) is 2.97. The van der Waals surface area contributed by atoms with E-state index in [1.165, 1.54) is 5.56 Å². The van der Waals surface area contributed by atoms with Crippen LogP contribution in [0.5, 0.6) is 11.5 Å². The Bertz CT molecular complexity index is 651. The summed E-state index contributed by atoms with van der Waals surface area (Å²) in [7, 11) is 0. The predicted octanol–water partition coefficient (Wildman–Crippen LogP) is 4.95. The Hall–Kier alpha value is -0.760. The van der Waals surface area contributed by atoms with E-state index in [9.17, 15) is 10.2 Å². The van der Waals surface area contributed by atoms with Crippen LogP contribution in [-0.4, -0.2) is 10.2 Å². The van der Waals surface area contributed by atoms with Crippen LogP contribution in [0.1, 0.15) is 17.5 Å². The molecule has 0 aliphatic rings. The van der Waals surface area contributed by atoms with Gasteiger partial charge >= 0.3 is 0 Å². The van der Waals surface area contributed by atoms with E-state index < -0.39 is 0 Å². The Morgan fingerprint density at radius 3 is 2.15 bits per heavy atom. The van der Waals surface area contributed by atoms with E-state index in [0.29, 0.717) is 11.5 Å². The second kappa shape index (κ2) is 6.80. The molecule has 0 heterocycles. The highest BCUT2D eigenvalue weighted by Crippen LogP contribution is 2.27. The number of rotatable bonds is 4. The van der Waals surface area contributed by atoms with Crippen molar-refractivity contribution >= 4 is 50.8 Å². The summed E-state index contributed by atoms with van der Waals surface area (Å²) in [5.41, 5.74) is 3.29. The molecule has 0 aliphatic carbocycles. The topological polar surface area (TPSA) is 40.5 Å². The lowest BCUT2D eigenvalue weighted by molar-refractivity contribution is 0.471. The number of benzene rings is 2. The van der Waals surface area contributed by atoms with Crippen LogP contribution in [0.3, 0.4) is 0 Å². The molecule has 2 rings (SSSR count). The lowest BCUT2D eigenvalue weighted by Crippen LogP contribution is -1.90. The van der Waals surface area contributed by atoms with Crippen LogP contribution in [0.25, 0.3) is 5.57 Å². The molecule has 20 heavy (non-hydrogen) atoms. The number of phenols is 2. The second-order valence-electron chi connectivity index (χ2n) is 4.56. The van der Waals surface area contributed by atoms with E-state index in [-0.39, 0.29) is 0 Å². The molecule has 2 aromatic carbocycles. The Kier molecular flexibility index (Phi) is 5.31. The monoisotopic (exact) mass is 492 g/mol. The van der Waals surface area contributed by atoms with Gasteiger partial charge < -0.3 is 10.2 Å². The average Bonchev–Trinajstić information content (AvgIpc) is 2.43. The normalized spacial score (nSPS) is 10.5. The van der Waals surface area contributed by atoms with Gasteiger partial charge in [0.15, 0.2) is 0 Å². The molecule has 104 valence electrons. The molecule has 4 heteroatoms. The maximum atomic E-state index is 9.53. The van der Waals surface area contributed by atoms with Crippen LogP contribution < -0.4 is 0 Å². The molecule has 2 N–H and O–H groups in total. The molecule has 0 radical (unpaired) electrons. The fourth-order valence-electron chi connectivity index (χ4n) is 1.87. The van der Waals surface area contributed by atoms with Gasteiger partial charge in [-0.1, -0.05) is 18.7 Å². The average molecular weight is 492 g/mol. The SMILES string of the molecule is C=C(CCc1ccc(O)c(I)c1)c1ccc(O)c(I)c1. The summed E-state index contributed by atoms with van der Waals surface area (Å²) >= 11 is 4.24. The first-order valence-electron chi connectivity index (χ1n) is 6.11. The van der Waals surface area contributed by atoms with Crippen molar-refractivity contribution in [3.63, 3.8) is 0 Å². The van der Waals surface area contributed by atoms with Crippen molar-refractivity contribution in [2.75, 3.05) is 0 Å². The quantitative estimate of drug-likeness (QED) is 0.594. The number of hydrogen-bond acceptors (Lipinski definition) is 2. The predicted molar refractivity (Wildman–Crippen MR) is 99.0 cm³/mol. The smallest absolute Gasteiger partial charge is 0.128 e. The molecule has 0 amide bonds. The zero-order chi connectivity index (χ0) is 14.7. The summed E-state index contributed by atoms with van der Waals surface area (Å²) in [5.74, 6) is 0.622. The Morgan fingerprint density at radius 2 is 1.55 bits per heavy atom. The van der Waals surface area contributed by atoms with Crippen LogP contribution in [0.15, 0.2) is 43.0 Å². The summed E-state index contributed by atoms with van der Waals surface area (Å²) in [5, 5.41) is 19.0. The fraction of sp³-hybridized carbons (Fsp3) is 0.125. The van der Waals surface area contributed by atoms with Crippen molar-refractivity contribution in [2.45, 2.75) is 12.8 Å². The minimum atomic E-state index is 0.301. The molecule has 0 aromatic heterocycles. The van der Waals surface area contributed by atoms with Crippen molar-refractivity contribution < 1.29 is 10.2 Å². The van der Waals surface area contributed by atoms with Gasteiger partial charge in [-0.2, -0.15) is 0 Å². The van der Waals surface area contributed by atoms with E-state index in [1.807, 2.05) is 24.3 Å². The minimum Gasteiger partial charge on any atom is -0.507 e. The van der Waals surface area contributed by atoms with Crippen molar-refractivity contribution in [1.29, 1.82) is 0 Å². The summed E-state index contributed by atoms with van der Waals surface area (Å²) in [4.78, 5) is 0. The van der Waals surface area contributed by atoms with Crippen molar-refractivity contribution in [1.82, 2.24) is 0 Å². The van der Waals surface area contributed by atoms with Gasteiger partial charge in [0.1, 0.15) is 11.5 Å². The lowest BCUT2D eigenvalue weighted by atomic mass is 10.00. The minimum absolute atomic E-state index is 0.301. The standard InChI is InChI=1S/C16H14I2O2/c1-10(12-5-7-16(20)14(18)9-12)2-3-11-4-6-15(19)13(17)8-11/h4-9,19-20H,1-3H2. The Morgan fingerprint density at radius 1 is 0.950 bits per heavy atom. The third-order valence-electron chi connectivity index (χ3n) is 3.08. The maximum Gasteiger partial charge on any atom is 0.128 e. The zero-order valence-corrected chi connectivity index (χ0v) is 15.1. The molecule has 0 spiro atoms. The van der Waals surface area contributed by atoms with E-state index in [2.05, 4.69) is 51.8 Å². The van der Waals surface area contributed by atoms with E-state index in [4.69, 9.17) is 0 Å². The molecule has 0 fully saturated rings. The number of halogens is 2. The maximum absolute atomic E-state index is 9.53. The van der Waals surface area contributed by atoms with E-state index >= 15 is 0 Å². The summed E-state index contributed by atoms with van der Waals surface area (Å²) in [6.07, 6.45) is 1.73. The number of aryl methyl sites for hydroxylation is 1. The summed E-state index contributed by atoms with van der Waals surface area (Å²) < 4.78 is 1.70. The lowest BCUT2D eigenvalue weighted by Gasteiger charge is -2.08. The van der Waals surface area contributed by atoms with Gasteiger partial charge in [-0.15, -0.1) is 0 Å². The first-order valence-corrected chi connectivity index (χ1v) is 8.27. The van der Waals surface area contributed by atoms with Gasteiger partial charge in [0, 0.05) is 0 Å². The first kappa shape index (κ1) is 15.6. The Balaban J connectivity index is 2.04. The van der Waals surface area contributed by atoms with Crippen molar-refractivity contribution in [3.05, 3.63) is 61.2 Å². The molecular formula is C16H14I2O2. The van der Waals surface area contributed by atoms with Crippen LogP contribution in [0, 0.1) is 7.14 Å². The number of phenolic OH excluding ortho intramolecular Hbond substituents is 2. The van der Waals surface area contributed by atoms with Crippen molar-refractivity contribution in [3.8, 4) is 11.5 Å². The van der Waals surface area contributed by atoms with Gasteiger partial charge in [-0.25, -0.2) is 0 Å². The van der Waals surface area contributed by atoms with Crippen LogP contribution in [-0.2, 0) is 6.42 Å². The third-order valence-corrected chi connectivity index (χ3v) is 4.81. The van der Waals surface area contributed by atoms with Gasteiger partial charge in [-0.05, 0) is 99.0 Å². The van der Waals surface area contributed by atoms with Crippen LogP contribution in [0.2, 0.25) is 0 Å².